The Balaban J connectivity index is 0.00000625. The fourth-order valence-electron chi connectivity index (χ4n) is 5.17. The third kappa shape index (κ3) is 8.70. The number of ether oxygens (including phenoxy) is 2. The molecular weight excluding hydrogens is 623 g/mol. The Morgan fingerprint density at radius 1 is 0.979 bits per heavy atom. The minimum atomic E-state index is -4.93. The molecule has 0 spiro atoms. The van der Waals surface area contributed by atoms with Crippen LogP contribution in [-0.2, 0) is 22.3 Å². The van der Waals surface area contributed by atoms with Gasteiger partial charge in [-0.1, -0.05) is 51.1 Å². The molecule has 4 rings (SSSR count). The van der Waals surface area contributed by atoms with Crippen molar-refractivity contribution >= 4 is 11.9 Å². The highest BCUT2D eigenvalue weighted by Gasteiger charge is 2.36. The van der Waals surface area contributed by atoms with Crippen LogP contribution in [0.2, 0.25) is 0 Å². The highest BCUT2D eigenvalue weighted by molar-refractivity contribution is 5.97. The first kappa shape index (κ1) is 37.1. The minimum Gasteiger partial charge on any atom is -0.467 e. The lowest BCUT2D eigenvalue weighted by molar-refractivity contribution is -0.143. The van der Waals surface area contributed by atoms with Gasteiger partial charge < -0.3 is 19.4 Å². The number of nitrogens with one attached hydrogen (secondary N) is 1. The summed E-state index contributed by atoms with van der Waals surface area (Å²) in [5, 5.41) is 12.2. The Kier molecular flexibility index (Phi) is 12.0. The Hall–Kier alpha value is -5.37. The summed E-state index contributed by atoms with van der Waals surface area (Å²) in [4.78, 5) is 38.5. The van der Waals surface area contributed by atoms with Crippen LogP contribution < -0.4 is 15.6 Å². The number of aryl methyl sites for hydroxylation is 2. The number of hydrogen-bond acceptors (Lipinski definition) is 6. The molecule has 0 fully saturated rings. The normalized spacial score (nSPS) is 11.7. The summed E-state index contributed by atoms with van der Waals surface area (Å²) in [6.07, 6.45) is -4.53. The fourth-order valence-corrected chi connectivity index (χ4v) is 5.17. The van der Waals surface area contributed by atoms with Crippen LogP contribution in [0.15, 0.2) is 77.6 Å². The third-order valence-electron chi connectivity index (χ3n) is 7.52. The number of benzene rings is 3. The number of hydrogen-bond donors (Lipinski definition) is 1. The van der Waals surface area contributed by atoms with E-state index >= 15 is 0 Å². The number of amides is 1. The summed E-state index contributed by atoms with van der Waals surface area (Å²) in [6, 6.07) is 19.4. The zero-order chi connectivity index (χ0) is 34.5. The fraction of sp³-hybridized carbons (Fsp3) is 0.297. The molecule has 0 saturated carbocycles. The van der Waals surface area contributed by atoms with Gasteiger partial charge in [-0.05, 0) is 91.4 Å². The maximum absolute atomic E-state index is 14.0. The molecule has 1 heterocycles. The molecule has 1 atom stereocenters. The molecular formula is C37H38F3N3O5. The van der Waals surface area contributed by atoms with Crippen molar-refractivity contribution in [3.8, 4) is 28.8 Å². The first-order valence-electron chi connectivity index (χ1n) is 14.8. The molecule has 0 unspecified atom stereocenters. The topological polar surface area (TPSA) is 110 Å². The van der Waals surface area contributed by atoms with Crippen LogP contribution >= 0.6 is 0 Å². The second-order valence-electron chi connectivity index (χ2n) is 11.6. The van der Waals surface area contributed by atoms with Crippen molar-refractivity contribution in [3.05, 3.63) is 117 Å². The maximum Gasteiger partial charge on any atom is 0.417 e. The van der Waals surface area contributed by atoms with Gasteiger partial charge in [0.2, 0.25) is 0 Å². The number of nitriles is 1. The Labute approximate surface area is 277 Å². The van der Waals surface area contributed by atoms with Crippen molar-refractivity contribution in [1.29, 1.82) is 5.26 Å². The number of halogens is 3. The average Bonchev–Trinajstić information content (AvgIpc) is 3.02. The van der Waals surface area contributed by atoms with Gasteiger partial charge in [0.1, 0.15) is 29.2 Å². The van der Waals surface area contributed by atoms with Gasteiger partial charge in [-0.2, -0.15) is 18.4 Å². The Bertz CT molecular complexity index is 1890. The summed E-state index contributed by atoms with van der Waals surface area (Å²) in [5.41, 5.74) is -0.265. The van der Waals surface area contributed by atoms with Gasteiger partial charge in [0.05, 0.1) is 24.9 Å². The monoisotopic (exact) mass is 661 g/mol. The zero-order valence-electron chi connectivity index (χ0n) is 26.6. The van der Waals surface area contributed by atoms with Crippen molar-refractivity contribution in [2.45, 2.75) is 60.3 Å². The molecule has 1 aromatic heterocycles. The third-order valence-corrected chi connectivity index (χ3v) is 7.52. The summed E-state index contributed by atoms with van der Waals surface area (Å²) >= 11 is 0. The predicted octanol–water partition coefficient (Wildman–Crippen LogP) is 7.82. The molecule has 0 aliphatic carbocycles. The first-order valence-corrected chi connectivity index (χ1v) is 14.8. The van der Waals surface area contributed by atoms with Gasteiger partial charge in [-0.3, -0.25) is 9.59 Å². The number of rotatable bonds is 10. The molecule has 0 saturated heterocycles. The number of pyridine rings is 1. The van der Waals surface area contributed by atoms with Crippen LogP contribution in [0, 0.1) is 31.1 Å². The summed E-state index contributed by atoms with van der Waals surface area (Å²) < 4.78 is 53.9. The number of carbonyl (C=O) groups excluding carboxylic acids is 2. The lowest BCUT2D eigenvalue weighted by Crippen LogP contribution is -2.42. The number of methoxy groups -OCH3 is 1. The molecule has 11 heteroatoms. The first-order chi connectivity index (χ1) is 22.2. The largest absolute Gasteiger partial charge is 0.467 e. The highest BCUT2D eigenvalue weighted by atomic mass is 19.4. The number of aromatic nitrogens is 1. The average molecular weight is 662 g/mol. The van der Waals surface area contributed by atoms with E-state index in [0.29, 0.717) is 29.0 Å². The molecule has 0 aliphatic rings. The number of carbonyl (C=O) groups is 2. The van der Waals surface area contributed by atoms with Gasteiger partial charge in [-0.15, -0.1) is 0 Å². The van der Waals surface area contributed by atoms with E-state index < -0.39 is 40.8 Å². The summed E-state index contributed by atoms with van der Waals surface area (Å²) in [5.74, 6) is -0.309. The van der Waals surface area contributed by atoms with Gasteiger partial charge in [0.25, 0.3) is 11.5 Å². The molecule has 0 bridgehead atoms. The standard InChI is InChI=1S/C36H34F3N3O5.CH4/c1-21(2)15-31(35(45)46-5)41-33(43)25-7-6-8-28(17-25)47-27-13-11-24(12-14-27)32-18-30(36(37,38)39)29(19-40)34(44)42(32)20-26-10-9-22(3)16-23(26)4;/h6-14,16-18,21,31H,15,20H2,1-5H3,(H,41,43);1H4/t31-;/m0./s1. The van der Waals surface area contributed by atoms with Crippen LogP contribution in [0.3, 0.4) is 0 Å². The van der Waals surface area contributed by atoms with E-state index in [1.165, 1.54) is 48.1 Å². The molecule has 0 aliphatic heterocycles. The molecule has 4 aromatic rings. The lowest BCUT2D eigenvalue weighted by atomic mass is 10.0. The van der Waals surface area contributed by atoms with Crippen LogP contribution in [0.25, 0.3) is 11.3 Å². The van der Waals surface area contributed by atoms with E-state index in [0.717, 1.165) is 17.2 Å². The molecule has 48 heavy (non-hydrogen) atoms. The van der Waals surface area contributed by atoms with E-state index in [9.17, 15) is 32.8 Å². The van der Waals surface area contributed by atoms with Crippen LogP contribution in [0.1, 0.15) is 65.9 Å². The van der Waals surface area contributed by atoms with E-state index in [4.69, 9.17) is 9.47 Å². The van der Waals surface area contributed by atoms with Crippen molar-refractivity contribution in [1.82, 2.24) is 9.88 Å². The zero-order valence-corrected chi connectivity index (χ0v) is 26.6. The second kappa shape index (κ2) is 15.5. The molecule has 1 N–H and O–H groups in total. The minimum absolute atomic E-state index is 0. The number of alkyl halides is 3. The van der Waals surface area contributed by atoms with Crippen molar-refractivity contribution < 1.29 is 32.2 Å². The van der Waals surface area contributed by atoms with Crippen LogP contribution in [0.5, 0.6) is 11.5 Å². The smallest absolute Gasteiger partial charge is 0.417 e. The van der Waals surface area contributed by atoms with Crippen LogP contribution in [-0.4, -0.2) is 29.6 Å². The highest BCUT2D eigenvalue weighted by Crippen LogP contribution is 2.34. The molecule has 0 radical (unpaired) electrons. The quantitative estimate of drug-likeness (QED) is 0.174. The summed E-state index contributed by atoms with van der Waals surface area (Å²) in [6.45, 7) is 7.54. The molecule has 8 nitrogen and oxygen atoms in total. The van der Waals surface area contributed by atoms with Gasteiger partial charge in [0, 0.05) is 5.56 Å². The predicted molar refractivity (Wildman–Crippen MR) is 177 cm³/mol. The van der Waals surface area contributed by atoms with Crippen LogP contribution in [0.4, 0.5) is 13.2 Å². The van der Waals surface area contributed by atoms with E-state index in [1.54, 1.807) is 24.3 Å². The Morgan fingerprint density at radius 2 is 1.67 bits per heavy atom. The second-order valence-corrected chi connectivity index (χ2v) is 11.6. The number of nitrogens with zero attached hydrogens (tertiary/aromatic N) is 2. The summed E-state index contributed by atoms with van der Waals surface area (Å²) in [7, 11) is 1.25. The van der Waals surface area contributed by atoms with E-state index in [-0.39, 0.29) is 31.1 Å². The van der Waals surface area contributed by atoms with Crippen molar-refractivity contribution in [2.75, 3.05) is 7.11 Å². The van der Waals surface area contributed by atoms with Gasteiger partial charge >= 0.3 is 12.1 Å². The van der Waals surface area contributed by atoms with E-state index in [2.05, 4.69) is 5.32 Å². The SMILES string of the molecule is C.COC(=O)[C@H](CC(C)C)NC(=O)c1cccc(Oc2ccc(-c3cc(C(F)(F)F)c(C#N)c(=O)n3Cc3ccc(C)cc3C)cc2)c1. The molecule has 3 aromatic carbocycles. The number of esters is 1. The lowest BCUT2D eigenvalue weighted by Gasteiger charge is -2.19. The van der Waals surface area contributed by atoms with Crippen molar-refractivity contribution in [3.63, 3.8) is 0 Å². The molecule has 252 valence electrons. The Morgan fingerprint density at radius 3 is 2.25 bits per heavy atom. The van der Waals surface area contributed by atoms with Gasteiger partial charge in [-0.25, -0.2) is 4.79 Å². The van der Waals surface area contributed by atoms with Gasteiger partial charge in [0.15, 0.2) is 0 Å². The van der Waals surface area contributed by atoms with E-state index in [1.807, 2.05) is 39.8 Å². The maximum atomic E-state index is 14.0. The van der Waals surface area contributed by atoms with Crippen molar-refractivity contribution in [2.24, 2.45) is 5.92 Å². The molecule has 1 amide bonds.